The number of nitrogens with zero attached hydrogens (tertiary/aromatic N) is 2. The molecular formula is C30H30N2O5S. The van der Waals surface area contributed by atoms with Crippen LogP contribution in [0.4, 0.5) is 0 Å². The Morgan fingerprint density at radius 1 is 0.868 bits per heavy atom. The summed E-state index contributed by atoms with van der Waals surface area (Å²) in [5, 5.41) is 9.80. The molecule has 196 valence electrons. The van der Waals surface area contributed by atoms with Gasteiger partial charge in [-0.1, -0.05) is 78.9 Å². The predicted octanol–water partition coefficient (Wildman–Crippen LogP) is 4.83. The van der Waals surface area contributed by atoms with E-state index in [1.165, 1.54) is 4.31 Å². The molecule has 5 rings (SSSR count). The van der Waals surface area contributed by atoms with Crippen LogP contribution in [0.1, 0.15) is 16.8 Å². The highest BCUT2D eigenvalue weighted by Crippen LogP contribution is 2.41. The van der Waals surface area contributed by atoms with Gasteiger partial charge in [0.1, 0.15) is 6.54 Å². The first-order valence-electron chi connectivity index (χ1n) is 12.6. The van der Waals surface area contributed by atoms with Crippen LogP contribution in [0.3, 0.4) is 0 Å². The third kappa shape index (κ3) is 5.03. The molecule has 3 aromatic carbocycles. The lowest BCUT2D eigenvalue weighted by Gasteiger charge is -2.27. The molecule has 0 atom stereocenters. The number of aliphatic carboxylic acids is 1. The average molecular weight is 531 g/mol. The Morgan fingerprint density at radius 3 is 2.08 bits per heavy atom. The van der Waals surface area contributed by atoms with Crippen molar-refractivity contribution in [1.82, 2.24) is 8.87 Å². The molecule has 7 nitrogen and oxygen atoms in total. The van der Waals surface area contributed by atoms with Crippen LogP contribution in [0.5, 0.6) is 0 Å². The number of carbonyl (C=O) groups is 1. The average Bonchev–Trinajstić information content (AvgIpc) is 3.20. The van der Waals surface area contributed by atoms with Crippen LogP contribution < -0.4 is 0 Å². The SMILES string of the molecule is Cc1c(Cc2ccccc2S(=O)(=O)N2CCOCC2)c(-c2ccccc2)c(-c2ccccc2)n1CC(=O)O. The number of hydrogen-bond acceptors (Lipinski definition) is 4. The van der Waals surface area contributed by atoms with Crippen LogP contribution in [0.2, 0.25) is 0 Å². The molecule has 2 heterocycles. The lowest BCUT2D eigenvalue weighted by atomic mass is 9.93. The monoisotopic (exact) mass is 530 g/mol. The van der Waals surface area contributed by atoms with Crippen molar-refractivity contribution in [1.29, 1.82) is 0 Å². The zero-order valence-electron chi connectivity index (χ0n) is 21.2. The lowest BCUT2D eigenvalue weighted by molar-refractivity contribution is -0.137. The van der Waals surface area contributed by atoms with Gasteiger partial charge in [0.05, 0.1) is 23.8 Å². The Balaban J connectivity index is 1.72. The maximum Gasteiger partial charge on any atom is 0.323 e. The maximum absolute atomic E-state index is 13.7. The molecule has 8 heteroatoms. The summed E-state index contributed by atoms with van der Waals surface area (Å²) >= 11 is 0. The molecule has 38 heavy (non-hydrogen) atoms. The molecule has 1 fully saturated rings. The highest BCUT2D eigenvalue weighted by molar-refractivity contribution is 7.89. The Labute approximate surface area is 223 Å². The van der Waals surface area contributed by atoms with E-state index < -0.39 is 16.0 Å². The van der Waals surface area contributed by atoms with Crippen LogP contribution in [0.25, 0.3) is 22.4 Å². The molecule has 0 unspecified atom stereocenters. The van der Waals surface area contributed by atoms with Gasteiger partial charge in [0.25, 0.3) is 0 Å². The molecular weight excluding hydrogens is 500 g/mol. The number of rotatable bonds is 8. The van der Waals surface area contributed by atoms with E-state index in [2.05, 4.69) is 0 Å². The second kappa shape index (κ2) is 10.9. The first-order valence-corrected chi connectivity index (χ1v) is 14.0. The molecule has 0 saturated carbocycles. The molecule has 0 bridgehead atoms. The van der Waals surface area contributed by atoms with Crippen molar-refractivity contribution in [3.8, 4) is 22.4 Å². The van der Waals surface area contributed by atoms with Gasteiger partial charge in [-0.15, -0.1) is 0 Å². The third-order valence-corrected chi connectivity index (χ3v) is 8.98. The van der Waals surface area contributed by atoms with E-state index in [4.69, 9.17) is 4.74 Å². The minimum absolute atomic E-state index is 0.205. The predicted molar refractivity (Wildman–Crippen MR) is 147 cm³/mol. The smallest absolute Gasteiger partial charge is 0.323 e. The highest BCUT2D eigenvalue weighted by Gasteiger charge is 2.30. The van der Waals surface area contributed by atoms with Crippen LogP contribution in [0.15, 0.2) is 89.8 Å². The zero-order chi connectivity index (χ0) is 26.7. The number of morpholine rings is 1. The van der Waals surface area contributed by atoms with Gasteiger partial charge in [0.15, 0.2) is 0 Å². The van der Waals surface area contributed by atoms with Gasteiger partial charge in [-0.25, -0.2) is 8.42 Å². The summed E-state index contributed by atoms with van der Waals surface area (Å²) in [5.74, 6) is -0.943. The Morgan fingerprint density at radius 2 is 1.45 bits per heavy atom. The summed E-state index contributed by atoms with van der Waals surface area (Å²) in [6.07, 6.45) is 0.336. The second-order valence-electron chi connectivity index (χ2n) is 9.30. The van der Waals surface area contributed by atoms with E-state index >= 15 is 0 Å². The number of sulfonamides is 1. The van der Waals surface area contributed by atoms with Crippen molar-refractivity contribution in [2.24, 2.45) is 0 Å². The van der Waals surface area contributed by atoms with Gasteiger partial charge in [0, 0.05) is 30.8 Å². The molecule has 1 saturated heterocycles. The molecule has 0 aliphatic carbocycles. The van der Waals surface area contributed by atoms with Crippen molar-refractivity contribution >= 4 is 16.0 Å². The molecule has 0 spiro atoms. The number of ether oxygens (including phenoxy) is 1. The zero-order valence-corrected chi connectivity index (χ0v) is 22.0. The largest absolute Gasteiger partial charge is 0.480 e. The number of benzene rings is 3. The second-order valence-corrected chi connectivity index (χ2v) is 11.2. The first kappa shape index (κ1) is 25.9. The standard InChI is InChI=1S/C30H30N2O5S/c1-22-26(20-25-14-8-9-15-27(25)38(35,36)31-16-18-37-19-17-31)29(23-10-4-2-5-11-23)30(32(22)21-28(33)34)24-12-6-3-7-13-24/h2-15H,16-21H2,1H3,(H,33,34). The summed E-state index contributed by atoms with van der Waals surface area (Å²) in [6.45, 7) is 3.09. The number of hydrogen-bond donors (Lipinski definition) is 1. The molecule has 1 aliphatic rings. The fraction of sp³-hybridized carbons (Fsp3) is 0.233. The van der Waals surface area contributed by atoms with Crippen molar-refractivity contribution in [3.05, 3.63) is 102 Å². The Kier molecular flexibility index (Phi) is 7.46. The van der Waals surface area contributed by atoms with E-state index in [0.29, 0.717) is 38.3 Å². The van der Waals surface area contributed by atoms with Crippen LogP contribution in [0, 0.1) is 6.92 Å². The van der Waals surface area contributed by atoms with Crippen LogP contribution >= 0.6 is 0 Å². The minimum Gasteiger partial charge on any atom is -0.480 e. The van der Waals surface area contributed by atoms with Crippen LogP contribution in [-0.2, 0) is 32.5 Å². The van der Waals surface area contributed by atoms with E-state index in [1.807, 2.05) is 84.3 Å². The topological polar surface area (TPSA) is 88.8 Å². The molecule has 1 aliphatic heterocycles. The van der Waals surface area contributed by atoms with Gasteiger partial charge in [-0.3, -0.25) is 4.79 Å². The summed E-state index contributed by atoms with van der Waals surface area (Å²) in [6, 6.07) is 26.7. The van der Waals surface area contributed by atoms with Gasteiger partial charge in [-0.05, 0) is 35.2 Å². The summed E-state index contributed by atoms with van der Waals surface area (Å²) < 4.78 is 36.0. The summed E-state index contributed by atoms with van der Waals surface area (Å²) in [7, 11) is -3.73. The van der Waals surface area contributed by atoms with Gasteiger partial charge >= 0.3 is 5.97 Å². The van der Waals surface area contributed by atoms with Gasteiger partial charge in [-0.2, -0.15) is 4.31 Å². The molecule has 1 aromatic heterocycles. The van der Waals surface area contributed by atoms with E-state index in [9.17, 15) is 18.3 Å². The fourth-order valence-electron chi connectivity index (χ4n) is 5.17. The molecule has 0 amide bonds. The highest BCUT2D eigenvalue weighted by atomic mass is 32.2. The quantitative estimate of drug-likeness (QED) is 0.353. The Hall–Kier alpha value is -3.72. The third-order valence-electron chi connectivity index (χ3n) is 6.98. The summed E-state index contributed by atoms with van der Waals surface area (Å²) in [5.41, 5.74) is 5.93. The maximum atomic E-state index is 13.7. The molecule has 4 aromatic rings. The number of carboxylic acid groups (broad SMARTS) is 1. The van der Waals surface area contributed by atoms with Crippen molar-refractivity contribution in [2.75, 3.05) is 26.3 Å². The van der Waals surface area contributed by atoms with E-state index in [1.54, 1.807) is 12.1 Å². The normalized spacial score (nSPS) is 14.4. The number of aromatic nitrogens is 1. The van der Waals surface area contributed by atoms with E-state index in [0.717, 1.165) is 33.6 Å². The minimum atomic E-state index is -3.73. The molecule has 0 radical (unpaired) electrons. The van der Waals surface area contributed by atoms with Crippen LogP contribution in [-0.4, -0.2) is 54.7 Å². The first-order chi connectivity index (χ1) is 18.4. The van der Waals surface area contributed by atoms with Gasteiger partial charge < -0.3 is 14.4 Å². The van der Waals surface area contributed by atoms with Crippen molar-refractivity contribution in [3.63, 3.8) is 0 Å². The van der Waals surface area contributed by atoms with Gasteiger partial charge in [0.2, 0.25) is 10.0 Å². The number of carboxylic acids is 1. The fourth-order valence-corrected chi connectivity index (χ4v) is 6.80. The lowest BCUT2D eigenvalue weighted by Crippen LogP contribution is -2.40. The van der Waals surface area contributed by atoms with E-state index in [-0.39, 0.29) is 11.4 Å². The van der Waals surface area contributed by atoms with Crippen molar-refractivity contribution < 1.29 is 23.1 Å². The van der Waals surface area contributed by atoms with Crippen molar-refractivity contribution in [2.45, 2.75) is 24.8 Å². The summed E-state index contributed by atoms with van der Waals surface area (Å²) in [4.78, 5) is 12.2. The Bertz CT molecular complexity index is 1540. The molecule has 1 N–H and O–H groups in total.